The average molecular weight is 265 g/mol. The lowest BCUT2D eigenvalue weighted by atomic mass is 9.97. The van der Waals surface area contributed by atoms with Crippen LogP contribution < -0.4 is 4.72 Å². The molecule has 0 amide bonds. The fourth-order valence-corrected chi connectivity index (χ4v) is 3.23. The van der Waals surface area contributed by atoms with Gasteiger partial charge in [-0.25, -0.2) is 13.1 Å². The predicted molar refractivity (Wildman–Crippen MR) is 62.2 cm³/mol. The molecule has 0 spiro atoms. The fourth-order valence-electron chi connectivity index (χ4n) is 1.61. The Kier molecular flexibility index (Phi) is 4.51. The highest BCUT2D eigenvalue weighted by Gasteiger charge is 2.33. The minimum absolute atomic E-state index is 0.0854. The molecule has 1 heterocycles. The number of carboxylic acid groups (broad SMARTS) is 1. The highest BCUT2D eigenvalue weighted by molar-refractivity contribution is 7.89. The largest absolute Gasteiger partial charge is 0.481 e. The van der Waals surface area contributed by atoms with Gasteiger partial charge >= 0.3 is 5.97 Å². The van der Waals surface area contributed by atoms with Crippen LogP contribution in [0.3, 0.4) is 0 Å². The molecule has 0 aromatic carbocycles. The van der Waals surface area contributed by atoms with Gasteiger partial charge in [-0.15, -0.1) is 0 Å². The van der Waals surface area contributed by atoms with Crippen molar-refractivity contribution in [1.29, 1.82) is 0 Å². The number of carbonyl (C=O) groups is 1. The first-order valence-corrected chi connectivity index (χ1v) is 7.20. The number of carboxylic acids is 1. The van der Waals surface area contributed by atoms with Gasteiger partial charge in [-0.2, -0.15) is 0 Å². The molecule has 1 fully saturated rings. The predicted octanol–water partition coefficient (Wildman–Crippen LogP) is 0.196. The summed E-state index contributed by atoms with van der Waals surface area (Å²) in [6, 6.07) is 0. The van der Waals surface area contributed by atoms with E-state index in [2.05, 4.69) is 4.72 Å². The van der Waals surface area contributed by atoms with Crippen molar-refractivity contribution in [3.05, 3.63) is 0 Å². The Labute approximate surface area is 101 Å². The number of hydrogen-bond donors (Lipinski definition) is 2. The van der Waals surface area contributed by atoms with Crippen LogP contribution in [0.25, 0.3) is 0 Å². The molecular formula is C10H19NO5S. The lowest BCUT2D eigenvalue weighted by Crippen LogP contribution is -2.40. The van der Waals surface area contributed by atoms with Gasteiger partial charge < -0.3 is 9.84 Å². The van der Waals surface area contributed by atoms with Crippen molar-refractivity contribution < 1.29 is 23.1 Å². The van der Waals surface area contributed by atoms with Gasteiger partial charge in [0.25, 0.3) is 0 Å². The van der Waals surface area contributed by atoms with Gasteiger partial charge in [-0.05, 0) is 26.7 Å². The molecule has 7 heteroatoms. The van der Waals surface area contributed by atoms with Gasteiger partial charge in [-0.1, -0.05) is 0 Å². The molecule has 1 saturated heterocycles. The zero-order chi connectivity index (χ0) is 13.1. The number of nitrogens with one attached hydrogen (secondary N) is 1. The lowest BCUT2D eigenvalue weighted by Gasteiger charge is -2.19. The average Bonchev–Trinajstić information content (AvgIpc) is 2.65. The molecule has 1 atom stereocenters. The highest BCUT2D eigenvalue weighted by Crippen LogP contribution is 2.18. The first-order chi connectivity index (χ1) is 7.73. The maximum absolute atomic E-state index is 11.7. The third-order valence-corrected chi connectivity index (χ3v) is 4.39. The first-order valence-electron chi connectivity index (χ1n) is 5.55. The van der Waals surface area contributed by atoms with Crippen LogP contribution in [-0.4, -0.2) is 44.5 Å². The van der Waals surface area contributed by atoms with Crippen molar-refractivity contribution in [3.63, 3.8) is 0 Å². The summed E-state index contributed by atoms with van der Waals surface area (Å²) in [6.07, 6.45) is 1.69. The second-order valence-electron chi connectivity index (χ2n) is 4.93. The zero-order valence-corrected chi connectivity index (χ0v) is 10.9. The van der Waals surface area contributed by atoms with Crippen LogP contribution in [0.15, 0.2) is 0 Å². The third-order valence-electron chi connectivity index (χ3n) is 2.68. The quantitative estimate of drug-likeness (QED) is 0.715. The number of hydrogen-bond acceptors (Lipinski definition) is 4. The van der Waals surface area contributed by atoms with Gasteiger partial charge in [-0.3, -0.25) is 4.79 Å². The molecule has 1 rings (SSSR count). The molecule has 0 aromatic heterocycles. The van der Waals surface area contributed by atoms with Gasteiger partial charge in [0, 0.05) is 13.2 Å². The maximum Gasteiger partial charge on any atom is 0.310 e. The molecule has 0 aliphatic carbocycles. The Morgan fingerprint density at radius 3 is 2.65 bits per heavy atom. The van der Waals surface area contributed by atoms with Crippen molar-refractivity contribution in [3.8, 4) is 0 Å². The molecule has 2 N–H and O–H groups in total. The summed E-state index contributed by atoms with van der Waals surface area (Å²) < 4.78 is 31.0. The van der Waals surface area contributed by atoms with Gasteiger partial charge in [0.1, 0.15) is 0 Å². The summed E-state index contributed by atoms with van der Waals surface area (Å²) in [5, 5.41) is 8.87. The standard InChI is InChI=1S/C10H19NO5S/c1-10(2,9(12)13)7-17(14,15)11-6-8-4-3-5-16-8/h8,11H,3-7H2,1-2H3,(H,12,13). The molecule has 0 bridgehead atoms. The van der Waals surface area contributed by atoms with Crippen LogP contribution >= 0.6 is 0 Å². The number of sulfonamides is 1. The molecular weight excluding hydrogens is 246 g/mol. The molecule has 0 radical (unpaired) electrons. The van der Waals surface area contributed by atoms with Crippen molar-refractivity contribution in [2.45, 2.75) is 32.8 Å². The number of rotatable bonds is 6. The second kappa shape index (κ2) is 5.32. The molecule has 6 nitrogen and oxygen atoms in total. The molecule has 1 aliphatic heterocycles. The zero-order valence-electron chi connectivity index (χ0n) is 10.1. The van der Waals surface area contributed by atoms with Crippen molar-refractivity contribution >= 4 is 16.0 Å². The summed E-state index contributed by atoms with van der Waals surface area (Å²) >= 11 is 0. The van der Waals surface area contributed by atoms with Gasteiger partial charge in [0.2, 0.25) is 10.0 Å². The van der Waals surface area contributed by atoms with E-state index in [1.165, 1.54) is 13.8 Å². The Morgan fingerprint density at radius 2 is 2.18 bits per heavy atom. The topological polar surface area (TPSA) is 92.7 Å². The van der Waals surface area contributed by atoms with Crippen LogP contribution in [0.4, 0.5) is 0 Å². The van der Waals surface area contributed by atoms with E-state index in [0.29, 0.717) is 6.61 Å². The van der Waals surface area contributed by atoms with E-state index in [-0.39, 0.29) is 12.6 Å². The van der Waals surface area contributed by atoms with E-state index in [1.54, 1.807) is 0 Å². The lowest BCUT2D eigenvalue weighted by molar-refractivity contribution is -0.145. The number of ether oxygens (including phenoxy) is 1. The fraction of sp³-hybridized carbons (Fsp3) is 0.900. The summed E-state index contributed by atoms with van der Waals surface area (Å²) in [4.78, 5) is 10.8. The minimum Gasteiger partial charge on any atom is -0.481 e. The molecule has 100 valence electrons. The number of aliphatic carboxylic acids is 1. The van der Waals surface area contributed by atoms with Crippen molar-refractivity contribution in [2.24, 2.45) is 5.41 Å². The maximum atomic E-state index is 11.7. The Morgan fingerprint density at radius 1 is 1.53 bits per heavy atom. The van der Waals surface area contributed by atoms with E-state index in [9.17, 15) is 13.2 Å². The third kappa shape index (κ3) is 4.61. The minimum atomic E-state index is -3.58. The summed E-state index contributed by atoms with van der Waals surface area (Å²) in [7, 11) is -3.58. The monoisotopic (exact) mass is 265 g/mol. The molecule has 1 aliphatic rings. The van der Waals surface area contributed by atoms with Crippen molar-refractivity contribution in [1.82, 2.24) is 4.72 Å². The highest BCUT2D eigenvalue weighted by atomic mass is 32.2. The Hall–Kier alpha value is -0.660. The van der Waals surface area contributed by atoms with Crippen LogP contribution in [0.5, 0.6) is 0 Å². The van der Waals surface area contributed by atoms with Gasteiger partial charge in [0.05, 0.1) is 17.3 Å². The molecule has 0 saturated carbocycles. The molecule has 1 unspecified atom stereocenters. The first kappa shape index (κ1) is 14.4. The van der Waals surface area contributed by atoms with E-state index >= 15 is 0 Å². The van der Waals surface area contributed by atoms with E-state index in [4.69, 9.17) is 9.84 Å². The summed E-state index contributed by atoms with van der Waals surface area (Å²) in [5.41, 5.74) is -1.29. The SMILES string of the molecule is CC(C)(CS(=O)(=O)NCC1CCCO1)C(=O)O. The Bertz CT molecular complexity index is 370. The van der Waals surface area contributed by atoms with E-state index in [0.717, 1.165) is 12.8 Å². The van der Waals surface area contributed by atoms with Gasteiger partial charge in [0.15, 0.2) is 0 Å². The van der Waals surface area contributed by atoms with Crippen molar-refractivity contribution in [2.75, 3.05) is 18.9 Å². The van der Waals surface area contributed by atoms with Crippen LogP contribution in [-0.2, 0) is 19.6 Å². The van der Waals surface area contributed by atoms with E-state index in [1.807, 2.05) is 0 Å². The second-order valence-corrected chi connectivity index (χ2v) is 6.74. The molecule has 17 heavy (non-hydrogen) atoms. The smallest absolute Gasteiger partial charge is 0.310 e. The van der Waals surface area contributed by atoms with Crippen LogP contribution in [0.2, 0.25) is 0 Å². The summed E-state index contributed by atoms with van der Waals surface area (Å²) in [5.74, 6) is -1.55. The van der Waals surface area contributed by atoms with Crippen LogP contribution in [0.1, 0.15) is 26.7 Å². The van der Waals surface area contributed by atoms with Crippen LogP contribution in [0, 0.1) is 5.41 Å². The normalized spacial score (nSPS) is 21.6. The summed E-state index contributed by atoms with van der Waals surface area (Å²) in [6.45, 7) is 3.66. The molecule has 0 aromatic rings. The van der Waals surface area contributed by atoms with E-state index < -0.39 is 27.2 Å². The Balaban J connectivity index is 2.48.